The summed E-state index contributed by atoms with van der Waals surface area (Å²) < 4.78 is 11.0. The first-order valence-electron chi connectivity index (χ1n) is 3.23. The average molecular weight is 160 g/mol. The minimum absolute atomic E-state index is 0.330. The molecule has 0 aliphatic rings. The van der Waals surface area contributed by atoms with Crippen molar-refractivity contribution in [2.24, 2.45) is 5.73 Å². The maximum atomic E-state index is 11.0. The van der Waals surface area contributed by atoms with E-state index in [0.717, 1.165) is 0 Å². The minimum atomic E-state index is -1.04. The lowest BCUT2D eigenvalue weighted by molar-refractivity contribution is 0.676. The molecule has 0 bridgehead atoms. The standard InChI is InChI=1S/C6H12N2OS/c1-2-6(5-8)10(9)4-3-7/h6H,2-4,7H2,1H3. The van der Waals surface area contributed by atoms with Crippen molar-refractivity contribution in [1.82, 2.24) is 0 Å². The summed E-state index contributed by atoms with van der Waals surface area (Å²) in [6.07, 6.45) is 0.642. The van der Waals surface area contributed by atoms with Crippen LogP contribution in [0.2, 0.25) is 0 Å². The molecule has 58 valence electrons. The highest BCUT2D eigenvalue weighted by Crippen LogP contribution is 1.99. The number of nitrogens with zero attached hydrogens (tertiary/aromatic N) is 1. The van der Waals surface area contributed by atoms with Gasteiger partial charge >= 0.3 is 0 Å². The van der Waals surface area contributed by atoms with Crippen molar-refractivity contribution in [2.45, 2.75) is 18.6 Å². The fraction of sp³-hybridized carbons (Fsp3) is 0.833. The van der Waals surface area contributed by atoms with E-state index < -0.39 is 10.8 Å². The molecule has 0 heterocycles. The maximum absolute atomic E-state index is 11.0. The third-order valence-corrected chi connectivity index (χ3v) is 2.86. The van der Waals surface area contributed by atoms with Gasteiger partial charge < -0.3 is 5.73 Å². The zero-order valence-corrected chi connectivity index (χ0v) is 6.86. The number of rotatable bonds is 4. The summed E-state index contributed by atoms with van der Waals surface area (Å²) in [4.78, 5) is 0. The van der Waals surface area contributed by atoms with E-state index in [0.29, 0.717) is 18.7 Å². The molecule has 0 aromatic carbocycles. The zero-order chi connectivity index (χ0) is 7.98. The van der Waals surface area contributed by atoms with Gasteiger partial charge in [-0.15, -0.1) is 0 Å². The molecule has 0 radical (unpaired) electrons. The SMILES string of the molecule is CCC(C#N)S(=O)CCN. The summed E-state index contributed by atoms with van der Waals surface area (Å²) >= 11 is 0. The summed E-state index contributed by atoms with van der Waals surface area (Å²) in [5.41, 5.74) is 5.17. The molecule has 0 saturated carbocycles. The summed E-state index contributed by atoms with van der Waals surface area (Å²) in [6.45, 7) is 2.24. The molecule has 0 fully saturated rings. The van der Waals surface area contributed by atoms with Crippen molar-refractivity contribution in [1.29, 1.82) is 5.26 Å². The quantitative estimate of drug-likeness (QED) is 0.629. The van der Waals surface area contributed by atoms with Gasteiger partial charge in [-0.3, -0.25) is 4.21 Å². The van der Waals surface area contributed by atoms with Gasteiger partial charge in [0.05, 0.1) is 6.07 Å². The van der Waals surface area contributed by atoms with Crippen LogP contribution in [-0.4, -0.2) is 21.8 Å². The molecule has 10 heavy (non-hydrogen) atoms. The Hall–Kier alpha value is -0.400. The predicted molar refractivity (Wildman–Crippen MR) is 41.8 cm³/mol. The van der Waals surface area contributed by atoms with Crippen molar-refractivity contribution in [3.05, 3.63) is 0 Å². The fourth-order valence-corrected chi connectivity index (χ4v) is 1.60. The van der Waals surface area contributed by atoms with Crippen LogP contribution in [0.15, 0.2) is 0 Å². The van der Waals surface area contributed by atoms with E-state index in [2.05, 4.69) is 0 Å². The molecule has 3 nitrogen and oxygen atoms in total. The molecule has 0 saturated heterocycles. The first-order valence-corrected chi connectivity index (χ1v) is 4.61. The van der Waals surface area contributed by atoms with Crippen molar-refractivity contribution in [2.75, 3.05) is 12.3 Å². The highest BCUT2D eigenvalue weighted by Gasteiger charge is 2.11. The van der Waals surface area contributed by atoms with Crippen LogP contribution in [-0.2, 0) is 10.8 Å². The van der Waals surface area contributed by atoms with Crippen LogP contribution in [0, 0.1) is 11.3 Å². The van der Waals surface area contributed by atoms with E-state index in [9.17, 15) is 4.21 Å². The van der Waals surface area contributed by atoms with Crippen LogP contribution in [0.4, 0.5) is 0 Å². The van der Waals surface area contributed by atoms with Crippen LogP contribution >= 0.6 is 0 Å². The number of hydrogen-bond donors (Lipinski definition) is 1. The lowest BCUT2D eigenvalue weighted by Crippen LogP contribution is -2.19. The molecular formula is C6H12N2OS. The Kier molecular flexibility index (Phi) is 5.17. The van der Waals surface area contributed by atoms with Crippen molar-refractivity contribution in [3.8, 4) is 6.07 Å². The van der Waals surface area contributed by atoms with Crippen LogP contribution in [0.3, 0.4) is 0 Å². The third-order valence-electron chi connectivity index (χ3n) is 1.15. The molecule has 4 heteroatoms. The summed E-state index contributed by atoms with van der Waals surface area (Å²) in [5.74, 6) is 0.437. The second-order valence-electron chi connectivity index (χ2n) is 1.90. The zero-order valence-electron chi connectivity index (χ0n) is 6.04. The van der Waals surface area contributed by atoms with E-state index in [-0.39, 0.29) is 5.25 Å². The summed E-state index contributed by atoms with van der Waals surface area (Å²) in [5, 5.41) is 8.11. The lowest BCUT2D eigenvalue weighted by atomic mass is 10.4. The second kappa shape index (κ2) is 5.39. The van der Waals surface area contributed by atoms with Crippen LogP contribution in [0.1, 0.15) is 13.3 Å². The summed E-state index contributed by atoms with van der Waals surface area (Å²) in [7, 11) is -1.04. The van der Waals surface area contributed by atoms with Gasteiger partial charge in [-0.1, -0.05) is 6.92 Å². The van der Waals surface area contributed by atoms with Gasteiger partial charge in [0.1, 0.15) is 5.25 Å². The Bertz CT molecular complexity index is 152. The highest BCUT2D eigenvalue weighted by atomic mass is 32.2. The van der Waals surface area contributed by atoms with Gasteiger partial charge in [-0.2, -0.15) is 5.26 Å². The molecular weight excluding hydrogens is 148 g/mol. The molecule has 2 atom stereocenters. The molecule has 0 spiro atoms. The van der Waals surface area contributed by atoms with Gasteiger partial charge in [0.2, 0.25) is 0 Å². The minimum Gasteiger partial charge on any atom is -0.330 e. The Morgan fingerprint density at radius 2 is 2.40 bits per heavy atom. The molecule has 0 rings (SSSR count). The van der Waals surface area contributed by atoms with Gasteiger partial charge in [0, 0.05) is 23.1 Å². The monoisotopic (exact) mass is 160 g/mol. The number of nitriles is 1. The Morgan fingerprint density at radius 3 is 2.70 bits per heavy atom. The Morgan fingerprint density at radius 1 is 1.80 bits per heavy atom. The molecule has 2 N–H and O–H groups in total. The lowest BCUT2D eigenvalue weighted by Gasteiger charge is -2.02. The van der Waals surface area contributed by atoms with E-state index in [1.54, 1.807) is 0 Å². The molecule has 0 aliphatic heterocycles. The van der Waals surface area contributed by atoms with Crippen LogP contribution in [0.5, 0.6) is 0 Å². The van der Waals surface area contributed by atoms with Crippen molar-refractivity contribution < 1.29 is 4.21 Å². The molecule has 0 aromatic heterocycles. The largest absolute Gasteiger partial charge is 0.330 e. The van der Waals surface area contributed by atoms with Gasteiger partial charge in [0.15, 0.2) is 0 Å². The first kappa shape index (κ1) is 9.60. The molecule has 0 amide bonds. The molecule has 0 aliphatic carbocycles. The molecule has 2 unspecified atom stereocenters. The maximum Gasteiger partial charge on any atom is 0.121 e. The predicted octanol–water partition coefficient (Wildman–Crippen LogP) is -0.00402. The second-order valence-corrected chi connectivity index (χ2v) is 3.64. The van der Waals surface area contributed by atoms with Gasteiger partial charge in [-0.05, 0) is 6.42 Å². The Balaban J connectivity index is 3.80. The van der Waals surface area contributed by atoms with E-state index in [1.807, 2.05) is 13.0 Å². The Labute approximate surface area is 63.7 Å². The van der Waals surface area contributed by atoms with E-state index >= 15 is 0 Å². The van der Waals surface area contributed by atoms with Crippen molar-refractivity contribution >= 4 is 10.8 Å². The van der Waals surface area contributed by atoms with E-state index in [4.69, 9.17) is 11.0 Å². The van der Waals surface area contributed by atoms with Gasteiger partial charge in [0.25, 0.3) is 0 Å². The van der Waals surface area contributed by atoms with Crippen molar-refractivity contribution in [3.63, 3.8) is 0 Å². The third kappa shape index (κ3) is 2.95. The van der Waals surface area contributed by atoms with Crippen LogP contribution < -0.4 is 5.73 Å². The molecule has 0 aromatic rings. The highest BCUT2D eigenvalue weighted by molar-refractivity contribution is 7.85. The smallest absolute Gasteiger partial charge is 0.121 e. The van der Waals surface area contributed by atoms with Gasteiger partial charge in [-0.25, -0.2) is 0 Å². The average Bonchev–Trinajstić information content (AvgIpc) is 1.91. The fourth-order valence-electron chi connectivity index (χ4n) is 0.594. The van der Waals surface area contributed by atoms with E-state index in [1.165, 1.54) is 0 Å². The number of hydrogen-bond acceptors (Lipinski definition) is 3. The van der Waals surface area contributed by atoms with Crippen LogP contribution in [0.25, 0.3) is 0 Å². The number of nitrogens with two attached hydrogens (primary N) is 1. The summed E-state index contributed by atoms with van der Waals surface area (Å²) in [6, 6.07) is 1.98. The first-order chi connectivity index (χ1) is 4.76. The topological polar surface area (TPSA) is 66.9 Å². The normalized spacial score (nSPS) is 15.7.